The van der Waals surface area contributed by atoms with Crippen LogP contribution in [0.5, 0.6) is 0 Å². The molecule has 1 aliphatic carbocycles. The maximum atomic E-state index is 6.01. The molecular formula is C14H27NO2. The first-order valence-corrected chi connectivity index (χ1v) is 7.12. The SMILES string of the molecule is CNC(C1CCOC1)C1(OC)CCCCCC1. The zero-order valence-corrected chi connectivity index (χ0v) is 11.3. The smallest absolute Gasteiger partial charge is 0.0834 e. The molecule has 3 nitrogen and oxygen atoms in total. The average Bonchev–Trinajstić information content (AvgIpc) is 2.76. The predicted molar refractivity (Wildman–Crippen MR) is 69.2 cm³/mol. The summed E-state index contributed by atoms with van der Waals surface area (Å²) in [6.45, 7) is 1.82. The standard InChI is InChI=1S/C14H27NO2/c1-15-13(12-7-10-17-11-12)14(16-2)8-5-3-4-6-9-14/h12-13,15H,3-11H2,1-2H3. The highest BCUT2D eigenvalue weighted by molar-refractivity contribution is 4.98. The largest absolute Gasteiger partial charge is 0.381 e. The average molecular weight is 241 g/mol. The molecule has 0 aromatic rings. The van der Waals surface area contributed by atoms with Crippen molar-refractivity contribution >= 4 is 0 Å². The molecule has 0 amide bonds. The van der Waals surface area contributed by atoms with Crippen molar-refractivity contribution in [1.29, 1.82) is 0 Å². The normalized spacial score (nSPS) is 31.1. The van der Waals surface area contributed by atoms with E-state index in [9.17, 15) is 0 Å². The Morgan fingerprint density at radius 2 is 1.94 bits per heavy atom. The van der Waals surface area contributed by atoms with Crippen molar-refractivity contribution in [3.05, 3.63) is 0 Å². The topological polar surface area (TPSA) is 30.5 Å². The van der Waals surface area contributed by atoms with Crippen LogP contribution in [0.1, 0.15) is 44.9 Å². The quantitative estimate of drug-likeness (QED) is 0.766. The van der Waals surface area contributed by atoms with E-state index in [0.717, 1.165) is 13.2 Å². The molecule has 0 aromatic carbocycles. The van der Waals surface area contributed by atoms with Crippen LogP contribution in [-0.2, 0) is 9.47 Å². The second-order valence-electron chi connectivity index (χ2n) is 5.57. The van der Waals surface area contributed by atoms with E-state index in [1.165, 1.54) is 44.9 Å². The first-order chi connectivity index (χ1) is 8.32. The molecule has 100 valence electrons. The Morgan fingerprint density at radius 1 is 1.24 bits per heavy atom. The van der Waals surface area contributed by atoms with Crippen LogP contribution in [-0.4, -0.2) is 39.0 Å². The second-order valence-corrected chi connectivity index (χ2v) is 5.57. The van der Waals surface area contributed by atoms with E-state index in [0.29, 0.717) is 12.0 Å². The van der Waals surface area contributed by atoms with Gasteiger partial charge in [-0.3, -0.25) is 0 Å². The third-order valence-electron chi connectivity index (χ3n) is 4.67. The van der Waals surface area contributed by atoms with Crippen molar-refractivity contribution < 1.29 is 9.47 Å². The molecule has 1 aliphatic heterocycles. The third-order valence-corrected chi connectivity index (χ3v) is 4.67. The lowest BCUT2D eigenvalue weighted by Crippen LogP contribution is -2.55. The summed E-state index contributed by atoms with van der Waals surface area (Å²) in [6.07, 6.45) is 8.91. The molecule has 0 aromatic heterocycles. The van der Waals surface area contributed by atoms with Crippen molar-refractivity contribution in [2.24, 2.45) is 5.92 Å². The first kappa shape index (κ1) is 13.3. The van der Waals surface area contributed by atoms with E-state index in [-0.39, 0.29) is 5.60 Å². The zero-order chi connectivity index (χ0) is 12.1. The molecule has 2 atom stereocenters. The van der Waals surface area contributed by atoms with Gasteiger partial charge in [0, 0.05) is 25.7 Å². The van der Waals surface area contributed by atoms with E-state index < -0.39 is 0 Å². The van der Waals surface area contributed by atoms with Gasteiger partial charge in [-0.15, -0.1) is 0 Å². The van der Waals surface area contributed by atoms with Gasteiger partial charge in [0.1, 0.15) is 0 Å². The Bertz CT molecular complexity index is 218. The molecule has 2 rings (SSSR count). The number of hydrogen-bond donors (Lipinski definition) is 1. The lowest BCUT2D eigenvalue weighted by Gasteiger charge is -2.42. The zero-order valence-electron chi connectivity index (χ0n) is 11.3. The molecule has 2 aliphatic rings. The van der Waals surface area contributed by atoms with E-state index >= 15 is 0 Å². The lowest BCUT2D eigenvalue weighted by molar-refractivity contribution is -0.0666. The number of rotatable bonds is 4. The van der Waals surface area contributed by atoms with Gasteiger partial charge >= 0.3 is 0 Å². The van der Waals surface area contributed by atoms with Gasteiger partial charge < -0.3 is 14.8 Å². The molecule has 0 radical (unpaired) electrons. The van der Waals surface area contributed by atoms with Gasteiger partial charge in [0.25, 0.3) is 0 Å². The van der Waals surface area contributed by atoms with Gasteiger partial charge in [-0.25, -0.2) is 0 Å². The van der Waals surface area contributed by atoms with Crippen LogP contribution in [0.25, 0.3) is 0 Å². The fourth-order valence-corrected chi connectivity index (χ4v) is 3.71. The molecule has 2 unspecified atom stereocenters. The van der Waals surface area contributed by atoms with Crippen LogP contribution >= 0.6 is 0 Å². The molecule has 3 heteroatoms. The minimum Gasteiger partial charge on any atom is -0.381 e. The fourth-order valence-electron chi connectivity index (χ4n) is 3.71. The Hall–Kier alpha value is -0.120. The lowest BCUT2D eigenvalue weighted by atomic mass is 9.79. The van der Waals surface area contributed by atoms with E-state index in [2.05, 4.69) is 12.4 Å². The molecule has 0 bridgehead atoms. The van der Waals surface area contributed by atoms with Gasteiger partial charge in [0.05, 0.1) is 12.2 Å². The van der Waals surface area contributed by atoms with E-state index in [1.54, 1.807) is 0 Å². The third kappa shape index (κ3) is 2.83. The van der Waals surface area contributed by atoms with Crippen LogP contribution in [0, 0.1) is 5.92 Å². The molecular weight excluding hydrogens is 214 g/mol. The molecule has 1 saturated carbocycles. The molecule has 0 spiro atoms. The Morgan fingerprint density at radius 3 is 2.41 bits per heavy atom. The van der Waals surface area contributed by atoms with Gasteiger partial charge in [0.15, 0.2) is 0 Å². The maximum absolute atomic E-state index is 6.01. The van der Waals surface area contributed by atoms with Crippen LogP contribution < -0.4 is 5.32 Å². The summed E-state index contributed by atoms with van der Waals surface area (Å²) < 4.78 is 11.6. The summed E-state index contributed by atoms with van der Waals surface area (Å²) in [5.41, 5.74) is 0.0453. The van der Waals surface area contributed by atoms with Gasteiger partial charge in [-0.05, 0) is 26.3 Å². The Labute approximate surface area is 105 Å². The summed E-state index contributed by atoms with van der Waals surface area (Å²) in [4.78, 5) is 0. The number of likely N-dealkylation sites (N-methyl/N-ethyl adjacent to an activating group) is 1. The van der Waals surface area contributed by atoms with E-state index in [1.807, 2.05) is 7.11 Å². The second kappa shape index (κ2) is 6.17. The molecule has 17 heavy (non-hydrogen) atoms. The number of nitrogens with one attached hydrogen (secondary N) is 1. The summed E-state index contributed by atoms with van der Waals surface area (Å²) in [5, 5.41) is 3.53. The maximum Gasteiger partial charge on any atom is 0.0834 e. The summed E-state index contributed by atoms with van der Waals surface area (Å²) in [5.74, 6) is 0.623. The van der Waals surface area contributed by atoms with Gasteiger partial charge in [0.2, 0.25) is 0 Å². The minimum atomic E-state index is 0.0453. The Kier molecular flexibility index (Phi) is 4.83. The summed E-state index contributed by atoms with van der Waals surface area (Å²) >= 11 is 0. The van der Waals surface area contributed by atoms with Crippen molar-refractivity contribution in [3.63, 3.8) is 0 Å². The van der Waals surface area contributed by atoms with Crippen molar-refractivity contribution in [2.45, 2.75) is 56.6 Å². The fraction of sp³-hybridized carbons (Fsp3) is 1.00. The minimum absolute atomic E-state index is 0.0453. The highest BCUT2D eigenvalue weighted by Crippen LogP contribution is 2.37. The van der Waals surface area contributed by atoms with E-state index in [4.69, 9.17) is 9.47 Å². The Balaban J connectivity index is 2.11. The molecule has 1 N–H and O–H groups in total. The predicted octanol–water partition coefficient (Wildman–Crippen LogP) is 2.35. The first-order valence-electron chi connectivity index (χ1n) is 7.12. The molecule has 2 fully saturated rings. The van der Waals surface area contributed by atoms with Gasteiger partial charge in [-0.1, -0.05) is 25.7 Å². The summed E-state index contributed by atoms with van der Waals surface area (Å²) in [6, 6.07) is 0.452. The van der Waals surface area contributed by atoms with Crippen LogP contribution in [0.4, 0.5) is 0 Å². The summed E-state index contributed by atoms with van der Waals surface area (Å²) in [7, 11) is 3.97. The number of methoxy groups -OCH3 is 1. The van der Waals surface area contributed by atoms with Crippen LogP contribution in [0.15, 0.2) is 0 Å². The monoisotopic (exact) mass is 241 g/mol. The van der Waals surface area contributed by atoms with Crippen LogP contribution in [0.2, 0.25) is 0 Å². The number of ether oxygens (including phenoxy) is 2. The van der Waals surface area contributed by atoms with Crippen molar-refractivity contribution in [1.82, 2.24) is 5.32 Å². The molecule has 1 heterocycles. The van der Waals surface area contributed by atoms with Crippen LogP contribution in [0.3, 0.4) is 0 Å². The van der Waals surface area contributed by atoms with Gasteiger partial charge in [-0.2, -0.15) is 0 Å². The highest BCUT2D eigenvalue weighted by Gasteiger charge is 2.43. The highest BCUT2D eigenvalue weighted by atomic mass is 16.5. The van der Waals surface area contributed by atoms with Crippen molar-refractivity contribution in [3.8, 4) is 0 Å². The van der Waals surface area contributed by atoms with Crippen molar-refractivity contribution in [2.75, 3.05) is 27.4 Å². The molecule has 1 saturated heterocycles. The number of hydrogen-bond acceptors (Lipinski definition) is 3.